The van der Waals surface area contributed by atoms with Crippen molar-refractivity contribution >= 4 is 0 Å². The highest BCUT2D eigenvalue weighted by atomic mass is 16.3. The minimum Gasteiger partial charge on any atom is -0.396 e. The molecule has 3 N–H and O–H groups in total. The summed E-state index contributed by atoms with van der Waals surface area (Å²) in [6, 6.07) is 0. The Labute approximate surface area is 140 Å². The van der Waals surface area contributed by atoms with Crippen LogP contribution in [0.4, 0.5) is 0 Å². The second-order valence-corrected chi connectivity index (χ2v) is 10.1. The first-order chi connectivity index (χ1) is 10.7. The summed E-state index contributed by atoms with van der Waals surface area (Å²) in [4.78, 5) is 0. The Morgan fingerprint density at radius 2 is 1.65 bits per heavy atom. The van der Waals surface area contributed by atoms with Gasteiger partial charge in [-0.3, -0.25) is 0 Å². The molecule has 2 bridgehead atoms. The summed E-state index contributed by atoms with van der Waals surface area (Å²) in [6.45, 7) is 6.85. The monoisotopic (exact) mass is 322 g/mol. The highest BCUT2D eigenvalue weighted by Crippen LogP contribution is 2.74. The summed E-state index contributed by atoms with van der Waals surface area (Å²) in [7, 11) is 0. The average molecular weight is 322 g/mol. The van der Waals surface area contributed by atoms with Gasteiger partial charge in [-0.2, -0.15) is 0 Å². The van der Waals surface area contributed by atoms with Crippen LogP contribution >= 0.6 is 0 Å². The SMILES string of the molecule is C[C@@]1(CO)CC[C@@H](O)[C@@]2(C)[C@H]1CC[C@H]1C[C@@](C)(O)[C@@H]3CC[C@@]12C3. The van der Waals surface area contributed by atoms with Gasteiger partial charge in [-0.25, -0.2) is 0 Å². The standard InChI is InChI=1S/C20H34O3/c1-17(12-21)8-7-16(22)19(3)15(17)5-4-14-10-18(2,23)13-6-9-20(14,19)11-13/h13-16,21-23H,4-12H2,1-3H3/t13-,14+,15+,16-,17+,18-,19-,20-/m1/s1. The topological polar surface area (TPSA) is 60.7 Å². The number of hydrogen-bond donors (Lipinski definition) is 3. The number of fused-ring (bicyclic) bond motifs is 2. The molecule has 1 spiro atoms. The highest BCUT2D eigenvalue weighted by Gasteiger charge is 2.70. The second kappa shape index (κ2) is 4.74. The molecule has 4 aliphatic rings. The fourth-order valence-electron chi connectivity index (χ4n) is 7.93. The third kappa shape index (κ3) is 1.82. The Bertz CT molecular complexity index is 503. The van der Waals surface area contributed by atoms with Gasteiger partial charge in [0.25, 0.3) is 0 Å². The van der Waals surface area contributed by atoms with E-state index in [0.29, 0.717) is 17.8 Å². The molecule has 0 aliphatic heterocycles. The molecule has 0 aromatic rings. The number of aliphatic hydroxyl groups excluding tert-OH is 2. The van der Waals surface area contributed by atoms with Crippen LogP contribution in [0.2, 0.25) is 0 Å². The lowest BCUT2D eigenvalue weighted by Crippen LogP contribution is -2.66. The minimum atomic E-state index is -0.520. The summed E-state index contributed by atoms with van der Waals surface area (Å²) in [6.07, 6.45) is 8.00. The molecular weight excluding hydrogens is 288 g/mol. The van der Waals surface area contributed by atoms with Crippen LogP contribution in [0.3, 0.4) is 0 Å². The van der Waals surface area contributed by atoms with Crippen LogP contribution in [0.15, 0.2) is 0 Å². The maximum Gasteiger partial charge on any atom is 0.0650 e. The van der Waals surface area contributed by atoms with Gasteiger partial charge in [-0.05, 0) is 86.9 Å². The van der Waals surface area contributed by atoms with Crippen LogP contribution in [-0.2, 0) is 0 Å². The quantitative estimate of drug-likeness (QED) is 0.695. The van der Waals surface area contributed by atoms with Gasteiger partial charge in [-0.15, -0.1) is 0 Å². The Morgan fingerprint density at radius 3 is 2.35 bits per heavy atom. The summed E-state index contributed by atoms with van der Waals surface area (Å²) in [5, 5.41) is 32.1. The second-order valence-electron chi connectivity index (χ2n) is 10.1. The lowest BCUT2D eigenvalue weighted by atomic mass is 9.37. The van der Waals surface area contributed by atoms with Crippen molar-refractivity contribution in [2.45, 2.75) is 83.8 Å². The summed E-state index contributed by atoms with van der Waals surface area (Å²) < 4.78 is 0. The van der Waals surface area contributed by atoms with Crippen molar-refractivity contribution in [3.63, 3.8) is 0 Å². The van der Waals surface area contributed by atoms with Crippen molar-refractivity contribution in [3.05, 3.63) is 0 Å². The lowest BCUT2D eigenvalue weighted by Gasteiger charge is -2.68. The van der Waals surface area contributed by atoms with Crippen LogP contribution in [0, 0.1) is 34.0 Å². The van der Waals surface area contributed by atoms with Crippen molar-refractivity contribution in [1.82, 2.24) is 0 Å². The van der Waals surface area contributed by atoms with E-state index in [1.54, 1.807) is 0 Å². The molecule has 4 aliphatic carbocycles. The molecule has 0 radical (unpaired) electrons. The fourth-order valence-corrected chi connectivity index (χ4v) is 7.93. The third-order valence-corrected chi connectivity index (χ3v) is 9.35. The normalized spacial score (nSPS) is 61.8. The van der Waals surface area contributed by atoms with Crippen molar-refractivity contribution in [3.8, 4) is 0 Å². The van der Waals surface area contributed by atoms with E-state index in [0.717, 1.165) is 51.4 Å². The van der Waals surface area contributed by atoms with Gasteiger partial charge in [0.05, 0.1) is 11.7 Å². The van der Waals surface area contributed by atoms with E-state index in [9.17, 15) is 15.3 Å². The first kappa shape index (κ1) is 16.4. The maximum absolute atomic E-state index is 11.1. The Kier molecular flexibility index (Phi) is 3.37. The van der Waals surface area contributed by atoms with Crippen LogP contribution < -0.4 is 0 Å². The smallest absolute Gasteiger partial charge is 0.0650 e. The zero-order valence-corrected chi connectivity index (χ0v) is 15.0. The molecule has 3 nitrogen and oxygen atoms in total. The fraction of sp³-hybridized carbons (Fsp3) is 1.00. The van der Waals surface area contributed by atoms with E-state index in [2.05, 4.69) is 13.8 Å². The summed E-state index contributed by atoms with van der Waals surface area (Å²) in [5.74, 6) is 1.33. The zero-order chi connectivity index (χ0) is 16.7. The molecule has 8 atom stereocenters. The van der Waals surface area contributed by atoms with Crippen molar-refractivity contribution < 1.29 is 15.3 Å². The van der Waals surface area contributed by atoms with Crippen molar-refractivity contribution in [2.75, 3.05) is 6.61 Å². The van der Waals surface area contributed by atoms with Crippen LogP contribution in [-0.4, -0.2) is 33.6 Å². The van der Waals surface area contributed by atoms with E-state index >= 15 is 0 Å². The van der Waals surface area contributed by atoms with Crippen LogP contribution in [0.1, 0.15) is 72.1 Å². The van der Waals surface area contributed by atoms with Crippen molar-refractivity contribution in [1.29, 1.82) is 0 Å². The van der Waals surface area contributed by atoms with Gasteiger partial charge in [0.15, 0.2) is 0 Å². The van der Waals surface area contributed by atoms with E-state index in [-0.39, 0.29) is 29.0 Å². The largest absolute Gasteiger partial charge is 0.396 e. The number of aliphatic hydroxyl groups is 3. The van der Waals surface area contributed by atoms with Gasteiger partial charge in [-0.1, -0.05) is 13.8 Å². The van der Waals surface area contributed by atoms with Crippen molar-refractivity contribution in [2.24, 2.45) is 34.0 Å². The molecule has 4 saturated carbocycles. The van der Waals surface area contributed by atoms with Gasteiger partial charge in [0.2, 0.25) is 0 Å². The van der Waals surface area contributed by atoms with E-state index < -0.39 is 5.60 Å². The number of hydrogen-bond acceptors (Lipinski definition) is 3. The first-order valence-corrected chi connectivity index (χ1v) is 9.71. The first-order valence-electron chi connectivity index (χ1n) is 9.71. The predicted octanol–water partition coefficient (Wildman–Crippen LogP) is 3.11. The third-order valence-electron chi connectivity index (χ3n) is 9.35. The van der Waals surface area contributed by atoms with Gasteiger partial charge < -0.3 is 15.3 Å². The molecule has 4 fully saturated rings. The molecule has 0 unspecified atom stereocenters. The molecule has 0 saturated heterocycles. The van der Waals surface area contributed by atoms with Gasteiger partial charge >= 0.3 is 0 Å². The summed E-state index contributed by atoms with van der Waals surface area (Å²) in [5.41, 5.74) is -0.491. The lowest BCUT2D eigenvalue weighted by molar-refractivity contribution is -0.242. The van der Waals surface area contributed by atoms with E-state index in [1.165, 1.54) is 0 Å². The molecule has 0 heterocycles. The Balaban J connectivity index is 1.80. The predicted molar refractivity (Wildman–Crippen MR) is 89.8 cm³/mol. The van der Waals surface area contributed by atoms with Crippen LogP contribution in [0.5, 0.6) is 0 Å². The molecule has 3 heteroatoms. The van der Waals surface area contributed by atoms with Gasteiger partial charge in [0.1, 0.15) is 0 Å². The Morgan fingerprint density at radius 1 is 0.913 bits per heavy atom. The number of rotatable bonds is 1. The molecule has 23 heavy (non-hydrogen) atoms. The maximum atomic E-state index is 11.1. The molecule has 4 rings (SSSR count). The molecule has 0 amide bonds. The Hall–Kier alpha value is -0.120. The molecule has 0 aromatic carbocycles. The molecule has 0 aromatic heterocycles. The molecule has 132 valence electrons. The van der Waals surface area contributed by atoms with Gasteiger partial charge in [0, 0.05) is 12.0 Å². The molecular formula is C20H34O3. The summed E-state index contributed by atoms with van der Waals surface area (Å²) >= 11 is 0. The van der Waals surface area contributed by atoms with Crippen LogP contribution in [0.25, 0.3) is 0 Å². The highest BCUT2D eigenvalue weighted by molar-refractivity contribution is 5.19. The average Bonchev–Trinajstić information content (AvgIpc) is 2.92. The van der Waals surface area contributed by atoms with E-state index in [1.807, 2.05) is 6.92 Å². The zero-order valence-electron chi connectivity index (χ0n) is 15.0. The minimum absolute atomic E-state index is 0.0498. The van der Waals surface area contributed by atoms with E-state index in [4.69, 9.17) is 0 Å².